The number of carboxylic acids is 1. The van der Waals surface area contributed by atoms with Gasteiger partial charge in [0.25, 0.3) is 5.91 Å². The van der Waals surface area contributed by atoms with Gasteiger partial charge < -0.3 is 14.8 Å². The molecule has 8 heteroatoms. The summed E-state index contributed by atoms with van der Waals surface area (Å²) in [4.78, 5) is 22.5. The largest absolute Gasteiger partial charge is 0.478 e. The SMILES string of the molecule is O=C(O)c1coc(C(=O)NC2CCC(C(F)(F)F)CC2)c1. The molecular weight excluding hydrogens is 291 g/mol. The summed E-state index contributed by atoms with van der Waals surface area (Å²) >= 11 is 0. The highest BCUT2D eigenvalue weighted by Crippen LogP contribution is 2.37. The Morgan fingerprint density at radius 3 is 2.33 bits per heavy atom. The zero-order chi connectivity index (χ0) is 15.6. The molecular formula is C13H14F3NO4. The number of hydrogen-bond donors (Lipinski definition) is 2. The van der Waals surface area contributed by atoms with Crippen LogP contribution in [0.15, 0.2) is 16.7 Å². The minimum Gasteiger partial charge on any atom is -0.478 e. The van der Waals surface area contributed by atoms with Gasteiger partial charge in [-0.15, -0.1) is 0 Å². The van der Waals surface area contributed by atoms with Crippen LogP contribution < -0.4 is 5.32 Å². The predicted octanol–water partition coefficient (Wildman–Crippen LogP) is 2.83. The topological polar surface area (TPSA) is 79.5 Å². The van der Waals surface area contributed by atoms with E-state index in [9.17, 15) is 22.8 Å². The van der Waals surface area contributed by atoms with Crippen LogP contribution in [0.5, 0.6) is 0 Å². The number of carbonyl (C=O) groups excluding carboxylic acids is 1. The fourth-order valence-corrected chi connectivity index (χ4v) is 2.39. The van der Waals surface area contributed by atoms with Gasteiger partial charge in [0, 0.05) is 12.1 Å². The Morgan fingerprint density at radius 1 is 1.24 bits per heavy atom. The van der Waals surface area contributed by atoms with Crippen LogP contribution in [0.2, 0.25) is 0 Å². The van der Waals surface area contributed by atoms with Crippen molar-refractivity contribution in [3.63, 3.8) is 0 Å². The molecule has 1 aliphatic carbocycles. The highest BCUT2D eigenvalue weighted by Gasteiger charge is 2.41. The molecule has 5 nitrogen and oxygen atoms in total. The van der Waals surface area contributed by atoms with E-state index < -0.39 is 24.0 Å². The molecule has 0 aromatic carbocycles. The third kappa shape index (κ3) is 3.77. The Balaban J connectivity index is 1.88. The zero-order valence-electron chi connectivity index (χ0n) is 10.9. The molecule has 1 aromatic heterocycles. The van der Waals surface area contributed by atoms with E-state index >= 15 is 0 Å². The van der Waals surface area contributed by atoms with Crippen LogP contribution >= 0.6 is 0 Å². The van der Waals surface area contributed by atoms with Gasteiger partial charge in [-0.3, -0.25) is 4.79 Å². The van der Waals surface area contributed by atoms with Crippen molar-refractivity contribution in [2.75, 3.05) is 0 Å². The second kappa shape index (κ2) is 5.79. The van der Waals surface area contributed by atoms with Crippen LogP contribution in [0.25, 0.3) is 0 Å². The van der Waals surface area contributed by atoms with Gasteiger partial charge in [-0.25, -0.2) is 4.79 Å². The molecule has 1 aliphatic rings. The van der Waals surface area contributed by atoms with E-state index in [0.29, 0.717) is 0 Å². The summed E-state index contributed by atoms with van der Waals surface area (Å²) in [6.45, 7) is 0. The van der Waals surface area contributed by atoms with E-state index in [2.05, 4.69) is 5.32 Å². The Labute approximate surface area is 118 Å². The van der Waals surface area contributed by atoms with Crippen LogP contribution in [0.1, 0.15) is 46.6 Å². The summed E-state index contributed by atoms with van der Waals surface area (Å²) in [6.07, 6.45) is -2.81. The maximum absolute atomic E-state index is 12.5. The van der Waals surface area contributed by atoms with Crippen molar-refractivity contribution in [3.05, 3.63) is 23.7 Å². The molecule has 2 N–H and O–H groups in total. The van der Waals surface area contributed by atoms with E-state index in [-0.39, 0.29) is 43.0 Å². The first kappa shape index (κ1) is 15.4. The summed E-state index contributed by atoms with van der Waals surface area (Å²) in [5.41, 5.74) is -0.152. The zero-order valence-corrected chi connectivity index (χ0v) is 10.9. The highest BCUT2D eigenvalue weighted by molar-refractivity contribution is 5.95. The number of rotatable bonds is 3. The molecule has 0 radical (unpaired) electrons. The van der Waals surface area contributed by atoms with Gasteiger partial charge in [0.1, 0.15) is 6.26 Å². The number of alkyl halides is 3. The van der Waals surface area contributed by atoms with Crippen LogP contribution in [0.3, 0.4) is 0 Å². The van der Waals surface area contributed by atoms with Crippen molar-refractivity contribution in [1.29, 1.82) is 0 Å². The molecule has 1 aromatic rings. The number of aromatic carboxylic acids is 1. The molecule has 21 heavy (non-hydrogen) atoms. The first-order valence-electron chi connectivity index (χ1n) is 6.46. The molecule has 0 spiro atoms. The van der Waals surface area contributed by atoms with Gasteiger partial charge in [0.15, 0.2) is 5.76 Å². The van der Waals surface area contributed by atoms with Gasteiger partial charge in [-0.2, -0.15) is 13.2 Å². The molecule has 1 heterocycles. The van der Waals surface area contributed by atoms with E-state index in [1.54, 1.807) is 0 Å². The fraction of sp³-hybridized carbons (Fsp3) is 0.538. The van der Waals surface area contributed by atoms with Crippen LogP contribution in [-0.4, -0.2) is 29.2 Å². The number of carboxylic acid groups (broad SMARTS) is 1. The Morgan fingerprint density at radius 2 is 1.86 bits per heavy atom. The lowest BCUT2D eigenvalue weighted by Crippen LogP contribution is -2.39. The van der Waals surface area contributed by atoms with Gasteiger partial charge in [0.05, 0.1) is 11.5 Å². The second-order valence-corrected chi connectivity index (χ2v) is 5.07. The number of nitrogens with one attached hydrogen (secondary N) is 1. The average molecular weight is 305 g/mol. The fourth-order valence-electron chi connectivity index (χ4n) is 2.39. The Kier molecular flexibility index (Phi) is 4.24. The lowest BCUT2D eigenvalue weighted by Gasteiger charge is -2.30. The molecule has 116 valence electrons. The van der Waals surface area contributed by atoms with Gasteiger partial charge >= 0.3 is 12.1 Å². The number of hydrogen-bond acceptors (Lipinski definition) is 3. The Bertz CT molecular complexity index is 530. The van der Waals surface area contributed by atoms with Crippen molar-refractivity contribution in [2.24, 2.45) is 5.92 Å². The third-order valence-corrected chi connectivity index (χ3v) is 3.60. The van der Waals surface area contributed by atoms with E-state index in [1.165, 1.54) is 0 Å². The monoisotopic (exact) mass is 305 g/mol. The number of furan rings is 1. The molecule has 0 bridgehead atoms. The van der Waals surface area contributed by atoms with E-state index in [0.717, 1.165) is 12.3 Å². The van der Waals surface area contributed by atoms with Gasteiger partial charge in [-0.05, 0) is 25.7 Å². The maximum Gasteiger partial charge on any atom is 0.391 e. The van der Waals surface area contributed by atoms with Crippen molar-refractivity contribution >= 4 is 11.9 Å². The number of amides is 1. The van der Waals surface area contributed by atoms with E-state index in [1.807, 2.05) is 0 Å². The molecule has 2 rings (SSSR count). The summed E-state index contributed by atoms with van der Waals surface area (Å²) in [5.74, 6) is -3.31. The average Bonchev–Trinajstić information content (AvgIpc) is 2.88. The van der Waals surface area contributed by atoms with E-state index in [4.69, 9.17) is 9.52 Å². The maximum atomic E-state index is 12.5. The summed E-state index contributed by atoms with van der Waals surface area (Å²) in [5, 5.41) is 11.3. The standard InChI is InChI=1S/C13H14F3NO4/c14-13(15,16)8-1-3-9(4-2-8)17-11(18)10-5-7(6-21-10)12(19)20/h5-6,8-9H,1-4H2,(H,17,18)(H,19,20). The van der Waals surface area contributed by atoms with Gasteiger partial charge in [-0.1, -0.05) is 0 Å². The van der Waals surface area contributed by atoms with Gasteiger partial charge in [0.2, 0.25) is 0 Å². The minimum absolute atomic E-state index is 0.0209. The lowest BCUT2D eigenvalue weighted by molar-refractivity contribution is -0.182. The molecule has 0 aliphatic heterocycles. The molecule has 1 saturated carbocycles. The minimum atomic E-state index is -4.19. The van der Waals surface area contributed by atoms with Crippen molar-refractivity contribution in [1.82, 2.24) is 5.32 Å². The number of halogens is 3. The second-order valence-electron chi connectivity index (χ2n) is 5.07. The summed E-state index contributed by atoms with van der Waals surface area (Å²) in [7, 11) is 0. The van der Waals surface area contributed by atoms with Crippen LogP contribution in [-0.2, 0) is 0 Å². The first-order valence-corrected chi connectivity index (χ1v) is 6.46. The van der Waals surface area contributed by atoms with Crippen molar-refractivity contribution < 1.29 is 32.3 Å². The van der Waals surface area contributed by atoms with Crippen LogP contribution in [0.4, 0.5) is 13.2 Å². The van der Waals surface area contributed by atoms with Crippen molar-refractivity contribution in [2.45, 2.75) is 37.9 Å². The normalized spacial score (nSPS) is 22.8. The van der Waals surface area contributed by atoms with Crippen molar-refractivity contribution in [3.8, 4) is 0 Å². The molecule has 0 unspecified atom stereocenters. The summed E-state index contributed by atoms with van der Waals surface area (Å²) < 4.78 is 42.4. The highest BCUT2D eigenvalue weighted by atomic mass is 19.4. The predicted molar refractivity (Wildman–Crippen MR) is 64.9 cm³/mol. The first-order chi connectivity index (χ1) is 9.77. The number of carbonyl (C=O) groups is 2. The lowest BCUT2D eigenvalue weighted by atomic mass is 9.85. The Hall–Kier alpha value is -1.99. The molecule has 0 atom stereocenters. The smallest absolute Gasteiger partial charge is 0.391 e. The molecule has 1 fully saturated rings. The quantitative estimate of drug-likeness (QED) is 0.900. The van der Waals surface area contributed by atoms with Crippen LogP contribution in [0, 0.1) is 5.92 Å². The molecule has 0 saturated heterocycles. The molecule has 1 amide bonds. The summed E-state index contributed by atoms with van der Waals surface area (Å²) in [6, 6.07) is 0.730. The third-order valence-electron chi connectivity index (χ3n) is 3.60.